The number of hydrogen-bond acceptors (Lipinski definition) is 5. The molecule has 0 aliphatic rings. The zero-order valence-corrected chi connectivity index (χ0v) is 16.6. The number of methoxy groups -OCH3 is 1. The summed E-state index contributed by atoms with van der Waals surface area (Å²) in [5, 5.41) is 13.3. The fourth-order valence-corrected chi connectivity index (χ4v) is 2.78. The molecule has 28 heavy (non-hydrogen) atoms. The Morgan fingerprint density at radius 2 is 2.07 bits per heavy atom. The van der Waals surface area contributed by atoms with E-state index in [1.807, 2.05) is 0 Å². The van der Waals surface area contributed by atoms with Crippen molar-refractivity contribution < 1.29 is 23.8 Å². The number of nitrogens with one attached hydrogen (secondary N) is 1. The Kier molecular flexibility index (Phi) is 8.66. The van der Waals surface area contributed by atoms with Gasteiger partial charge in [-0.25, -0.2) is 4.39 Å². The largest absolute Gasteiger partial charge is 0.495 e. The van der Waals surface area contributed by atoms with Crippen LogP contribution in [-0.2, 0) is 16.1 Å². The zero-order valence-electron chi connectivity index (χ0n) is 15.8. The first kappa shape index (κ1) is 22.1. The van der Waals surface area contributed by atoms with Crippen LogP contribution in [-0.4, -0.2) is 55.9 Å². The van der Waals surface area contributed by atoms with E-state index in [-0.39, 0.29) is 38.0 Å². The van der Waals surface area contributed by atoms with Gasteiger partial charge in [-0.1, -0.05) is 29.8 Å². The predicted octanol–water partition coefficient (Wildman–Crippen LogP) is 2.94. The third kappa shape index (κ3) is 7.09. The lowest BCUT2D eigenvalue weighted by Crippen LogP contribution is -2.37. The van der Waals surface area contributed by atoms with Gasteiger partial charge in [-0.3, -0.25) is 9.69 Å². The third-order valence-corrected chi connectivity index (χ3v) is 4.13. The van der Waals surface area contributed by atoms with Gasteiger partial charge in [0.05, 0.1) is 38.7 Å². The first-order valence-electron chi connectivity index (χ1n) is 8.70. The van der Waals surface area contributed by atoms with Crippen molar-refractivity contribution in [3.8, 4) is 5.75 Å². The number of anilines is 1. The molecule has 0 fully saturated rings. The first-order chi connectivity index (χ1) is 13.4. The van der Waals surface area contributed by atoms with Crippen molar-refractivity contribution in [2.24, 2.45) is 0 Å². The van der Waals surface area contributed by atoms with E-state index in [9.17, 15) is 14.3 Å². The minimum atomic E-state index is -0.815. The van der Waals surface area contributed by atoms with E-state index >= 15 is 0 Å². The van der Waals surface area contributed by atoms with E-state index < -0.39 is 6.10 Å². The van der Waals surface area contributed by atoms with Crippen LogP contribution >= 0.6 is 11.6 Å². The Bertz CT molecular complexity index is 791. The van der Waals surface area contributed by atoms with Gasteiger partial charge in [0.2, 0.25) is 5.91 Å². The fraction of sp³-hybridized carbons (Fsp3) is 0.350. The molecule has 8 heteroatoms. The molecule has 1 unspecified atom stereocenters. The van der Waals surface area contributed by atoms with Gasteiger partial charge >= 0.3 is 0 Å². The van der Waals surface area contributed by atoms with Gasteiger partial charge in [0.15, 0.2) is 0 Å². The van der Waals surface area contributed by atoms with E-state index in [1.54, 1.807) is 48.3 Å². The molecule has 0 bridgehead atoms. The average Bonchev–Trinajstić information content (AvgIpc) is 2.63. The number of benzene rings is 2. The van der Waals surface area contributed by atoms with Crippen LogP contribution in [0.15, 0.2) is 42.5 Å². The van der Waals surface area contributed by atoms with E-state index in [0.717, 1.165) is 0 Å². The molecule has 2 rings (SSSR count). The summed E-state index contributed by atoms with van der Waals surface area (Å²) >= 11 is 5.95. The number of likely N-dealkylation sites (N-methyl/N-ethyl adjacent to an activating group) is 1. The summed E-state index contributed by atoms with van der Waals surface area (Å²) in [6.45, 7) is 0.377. The highest BCUT2D eigenvalue weighted by Gasteiger charge is 2.14. The monoisotopic (exact) mass is 410 g/mol. The molecule has 0 heterocycles. The molecule has 1 amide bonds. The molecule has 0 saturated carbocycles. The normalized spacial score (nSPS) is 12.1. The lowest BCUT2D eigenvalue weighted by Gasteiger charge is -2.20. The number of aliphatic hydroxyl groups is 1. The van der Waals surface area contributed by atoms with Crippen LogP contribution in [0.4, 0.5) is 10.1 Å². The number of amides is 1. The topological polar surface area (TPSA) is 71.0 Å². The van der Waals surface area contributed by atoms with Crippen LogP contribution in [0.2, 0.25) is 5.02 Å². The maximum atomic E-state index is 13.5. The molecule has 2 aromatic rings. The minimum Gasteiger partial charge on any atom is -0.495 e. The summed E-state index contributed by atoms with van der Waals surface area (Å²) in [6.07, 6.45) is -0.815. The summed E-state index contributed by atoms with van der Waals surface area (Å²) in [5.41, 5.74) is 0.903. The van der Waals surface area contributed by atoms with Crippen molar-refractivity contribution in [3.63, 3.8) is 0 Å². The van der Waals surface area contributed by atoms with Crippen molar-refractivity contribution >= 4 is 23.2 Å². The number of aliphatic hydroxyl groups excluding tert-OH is 1. The van der Waals surface area contributed by atoms with Crippen molar-refractivity contribution in [2.45, 2.75) is 12.7 Å². The maximum absolute atomic E-state index is 13.5. The SMILES string of the molecule is COc1ccc(Cl)cc1NC(=O)CN(C)CC(O)COCc1ccccc1F. The Labute approximate surface area is 168 Å². The molecule has 6 nitrogen and oxygen atoms in total. The molecule has 2 aromatic carbocycles. The van der Waals surface area contributed by atoms with E-state index in [0.29, 0.717) is 22.0 Å². The lowest BCUT2D eigenvalue weighted by molar-refractivity contribution is -0.117. The Balaban J connectivity index is 1.75. The maximum Gasteiger partial charge on any atom is 0.238 e. The van der Waals surface area contributed by atoms with Crippen molar-refractivity contribution in [1.29, 1.82) is 0 Å². The highest BCUT2D eigenvalue weighted by atomic mass is 35.5. The second-order valence-electron chi connectivity index (χ2n) is 6.35. The minimum absolute atomic E-state index is 0.0302. The number of carbonyl (C=O) groups is 1. The molecule has 152 valence electrons. The van der Waals surface area contributed by atoms with E-state index in [1.165, 1.54) is 13.2 Å². The number of nitrogens with zero attached hydrogens (tertiary/aromatic N) is 1. The van der Waals surface area contributed by atoms with Gasteiger partial charge in [0.25, 0.3) is 0 Å². The van der Waals surface area contributed by atoms with Crippen LogP contribution in [0.5, 0.6) is 5.75 Å². The number of ether oxygens (including phenoxy) is 2. The lowest BCUT2D eigenvalue weighted by atomic mass is 10.2. The van der Waals surface area contributed by atoms with Crippen LogP contribution < -0.4 is 10.1 Å². The second-order valence-corrected chi connectivity index (χ2v) is 6.79. The van der Waals surface area contributed by atoms with Crippen LogP contribution in [0.25, 0.3) is 0 Å². The number of halogens is 2. The van der Waals surface area contributed by atoms with Gasteiger partial charge in [-0.05, 0) is 31.3 Å². The number of rotatable bonds is 10. The van der Waals surface area contributed by atoms with Crippen molar-refractivity contribution in [2.75, 3.05) is 39.2 Å². The van der Waals surface area contributed by atoms with Gasteiger partial charge in [-0.2, -0.15) is 0 Å². The third-order valence-electron chi connectivity index (χ3n) is 3.90. The molecule has 0 radical (unpaired) electrons. The van der Waals surface area contributed by atoms with Gasteiger partial charge in [0, 0.05) is 17.1 Å². The Morgan fingerprint density at radius 1 is 1.32 bits per heavy atom. The second kappa shape index (κ2) is 11.0. The molecule has 0 aromatic heterocycles. The highest BCUT2D eigenvalue weighted by Crippen LogP contribution is 2.27. The van der Waals surface area contributed by atoms with Crippen molar-refractivity contribution in [1.82, 2.24) is 4.90 Å². The van der Waals surface area contributed by atoms with Gasteiger partial charge in [0.1, 0.15) is 11.6 Å². The smallest absolute Gasteiger partial charge is 0.238 e. The van der Waals surface area contributed by atoms with Crippen LogP contribution in [0.1, 0.15) is 5.56 Å². The zero-order chi connectivity index (χ0) is 20.5. The number of carbonyl (C=O) groups excluding carboxylic acids is 1. The van der Waals surface area contributed by atoms with Crippen LogP contribution in [0, 0.1) is 5.82 Å². The summed E-state index contributed by atoms with van der Waals surface area (Å²) in [5.74, 6) is -0.119. The average molecular weight is 411 g/mol. The highest BCUT2D eigenvalue weighted by molar-refractivity contribution is 6.31. The molecule has 0 saturated heterocycles. The quantitative estimate of drug-likeness (QED) is 0.630. The summed E-state index contributed by atoms with van der Waals surface area (Å²) in [7, 11) is 3.21. The van der Waals surface area contributed by atoms with Crippen LogP contribution in [0.3, 0.4) is 0 Å². The summed E-state index contributed by atoms with van der Waals surface area (Å²) in [4.78, 5) is 13.9. The Hall–Kier alpha value is -2.19. The molecule has 0 aliphatic heterocycles. The summed E-state index contributed by atoms with van der Waals surface area (Å²) < 4.78 is 24.1. The number of hydrogen-bond donors (Lipinski definition) is 2. The molecular weight excluding hydrogens is 387 g/mol. The molecule has 0 aliphatic carbocycles. The van der Waals surface area contributed by atoms with E-state index in [2.05, 4.69) is 5.32 Å². The van der Waals surface area contributed by atoms with E-state index in [4.69, 9.17) is 21.1 Å². The first-order valence-corrected chi connectivity index (χ1v) is 9.08. The fourth-order valence-electron chi connectivity index (χ4n) is 2.61. The predicted molar refractivity (Wildman–Crippen MR) is 106 cm³/mol. The van der Waals surface area contributed by atoms with Gasteiger partial charge < -0.3 is 19.9 Å². The molecule has 2 N–H and O–H groups in total. The molecule has 1 atom stereocenters. The molecule has 0 spiro atoms. The molecular formula is C20H24ClFN2O4. The van der Waals surface area contributed by atoms with Crippen molar-refractivity contribution in [3.05, 3.63) is 58.9 Å². The standard InChI is InChI=1S/C20H24ClFN2O4/c1-24(10-16(25)13-28-12-14-5-3-4-6-17(14)22)11-20(26)23-18-9-15(21)7-8-19(18)27-2/h3-9,16,25H,10-13H2,1-2H3,(H,23,26). The van der Waals surface area contributed by atoms with Gasteiger partial charge in [-0.15, -0.1) is 0 Å². The summed E-state index contributed by atoms with van der Waals surface area (Å²) in [6, 6.07) is 11.2. The Morgan fingerprint density at radius 3 is 2.79 bits per heavy atom.